The van der Waals surface area contributed by atoms with Crippen molar-refractivity contribution in [3.63, 3.8) is 0 Å². The second kappa shape index (κ2) is 6.94. The Labute approximate surface area is 177 Å². The van der Waals surface area contributed by atoms with Gasteiger partial charge in [-0.1, -0.05) is 74.5 Å². The van der Waals surface area contributed by atoms with Crippen LogP contribution in [0.1, 0.15) is 44.6 Å². The highest BCUT2D eigenvalue weighted by Gasteiger charge is 2.44. The van der Waals surface area contributed by atoms with E-state index in [2.05, 4.69) is 38.1 Å². The summed E-state index contributed by atoms with van der Waals surface area (Å²) in [7, 11) is 0. The Bertz CT molecular complexity index is 1180. The second-order valence-corrected chi connectivity index (χ2v) is 9.19. The van der Waals surface area contributed by atoms with E-state index in [-0.39, 0.29) is 23.0 Å². The van der Waals surface area contributed by atoms with Crippen LogP contribution in [0.5, 0.6) is 0 Å². The minimum Gasteiger partial charge on any atom is -0.294 e. The fraction of sp³-hybridized carbons (Fsp3) is 0.259. The topological polar surface area (TPSA) is 37.4 Å². The maximum Gasteiger partial charge on any atom is 0.232 e. The highest BCUT2D eigenvalue weighted by molar-refractivity contribution is 6.08. The van der Waals surface area contributed by atoms with E-state index in [9.17, 15) is 9.59 Å². The van der Waals surface area contributed by atoms with Gasteiger partial charge in [-0.25, -0.2) is 0 Å². The highest BCUT2D eigenvalue weighted by Crippen LogP contribution is 2.49. The zero-order valence-electron chi connectivity index (χ0n) is 17.4. The van der Waals surface area contributed by atoms with E-state index >= 15 is 0 Å². The van der Waals surface area contributed by atoms with Crippen molar-refractivity contribution in [2.24, 2.45) is 5.41 Å². The molecule has 0 spiro atoms. The highest BCUT2D eigenvalue weighted by atomic mass is 16.2. The summed E-state index contributed by atoms with van der Waals surface area (Å²) in [6.07, 6.45) is 1.55. The van der Waals surface area contributed by atoms with Gasteiger partial charge in [-0.15, -0.1) is 0 Å². The number of nitrogens with zero attached hydrogens (tertiary/aromatic N) is 1. The molecule has 1 aliphatic carbocycles. The molecule has 2 aliphatic rings. The molecule has 0 N–H and O–H groups in total. The second-order valence-electron chi connectivity index (χ2n) is 9.19. The molecule has 3 aromatic carbocycles. The Morgan fingerprint density at radius 3 is 2.33 bits per heavy atom. The molecule has 1 aliphatic heterocycles. The monoisotopic (exact) mass is 395 g/mol. The number of carbonyl (C=O) groups excluding carboxylic acids is 2. The first-order valence-corrected chi connectivity index (χ1v) is 10.6. The number of hydrogen-bond acceptors (Lipinski definition) is 2. The lowest BCUT2D eigenvalue weighted by atomic mass is 9.69. The van der Waals surface area contributed by atoms with Gasteiger partial charge in [0.15, 0.2) is 5.78 Å². The minimum atomic E-state index is -0.192. The van der Waals surface area contributed by atoms with E-state index in [0.717, 1.165) is 39.7 Å². The number of ketones is 1. The largest absolute Gasteiger partial charge is 0.294 e. The van der Waals surface area contributed by atoms with Crippen molar-refractivity contribution in [1.82, 2.24) is 0 Å². The number of amides is 1. The zero-order valence-corrected chi connectivity index (χ0v) is 17.4. The molecule has 0 fully saturated rings. The quantitative estimate of drug-likeness (QED) is 0.533. The van der Waals surface area contributed by atoms with Crippen LogP contribution in [0.4, 0.5) is 5.69 Å². The molecular formula is C27H25NO2. The number of rotatable bonds is 2. The Hall–Kier alpha value is -3.20. The molecule has 30 heavy (non-hydrogen) atoms. The SMILES string of the molecule is CC1(C)CC(=O)C2=C(C1)N(c1ccccc1)C(=O)CC2c1cccc2ccccc12. The van der Waals surface area contributed by atoms with Crippen LogP contribution in [-0.2, 0) is 9.59 Å². The van der Waals surface area contributed by atoms with E-state index in [1.807, 2.05) is 48.5 Å². The van der Waals surface area contributed by atoms with Crippen molar-refractivity contribution in [3.8, 4) is 0 Å². The number of anilines is 1. The van der Waals surface area contributed by atoms with Crippen LogP contribution in [-0.4, -0.2) is 11.7 Å². The van der Waals surface area contributed by atoms with Crippen molar-refractivity contribution in [2.45, 2.75) is 39.0 Å². The number of benzene rings is 3. The van der Waals surface area contributed by atoms with Gasteiger partial charge in [0.2, 0.25) is 5.91 Å². The van der Waals surface area contributed by atoms with Crippen LogP contribution < -0.4 is 4.90 Å². The first-order valence-electron chi connectivity index (χ1n) is 10.6. The minimum absolute atomic E-state index is 0.0587. The Morgan fingerprint density at radius 1 is 0.833 bits per heavy atom. The van der Waals surface area contributed by atoms with Crippen molar-refractivity contribution in [1.29, 1.82) is 0 Å². The van der Waals surface area contributed by atoms with Gasteiger partial charge in [0.05, 0.1) is 0 Å². The van der Waals surface area contributed by atoms with Crippen LogP contribution in [0.3, 0.4) is 0 Å². The van der Waals surface area contributed by atoms with E-state index in [1.54, 1.807) is 4.90 Å². The van der Waals surface area contributed by atoms with Crippen LogP contribution in [0.2, 0.25) is 0 Å². The Balaban J connectivity index is 1.74. The summed E-state index contributed by atoms with van der Waals surface area (Å²) < 4.78 is 0. The standard InChI is InChI=1S/C27H25NO2/c1-27(2)16-23-26(24(29)17-27)22(15-25(30)28(23)19-11-4-3-5-12-19)21-14-8-10-18-9-6-7-13-20(18)21/h3-14,22H,15-17H2,1-2H3. The molecule has 1 unspecified atom stereocenters. The first kappa shape index (κ1) is 18.8. The average molecular weight is 396 g/mol. The third-order valence-electron chi connectivity index (χ3n) is 6.36. The van der Waals surface area contributed by atoms with Crippen molar-refractivity contribution in [2.75, 3.05) is 4.90 Å². The predicted molar refractivity (Wildman–Crippen MR) is 120 cm³/mol. The predicted octanol–water partition coefficient (Wildman–Crippen LogP) is 6.00. The fourth-order valence-corrected chi connectivity index (χ4v) is 5.11. The Morgan fingerprint density at radius 2 is 1.53 bits per heavy atom. The molecule has 1 heterocycles. The molecule has 5 rings (SSSR count). The molecule has 3 heteroatoms. The van der Waals surface area contributed by atoms with Gasteiger partial charge in [0.1, 0.15) is 0 Å². The molecule has 3 nitrogen and oxygen atoms in total. The summed E-state index contributed by atoms with van der Waals surface area (Å²) in [5, 5.41) is 2.26. The summed E-state index contributed by atoms with van der Waals surface area (Å²) in [5.41, 5.74) is 3.47. The normalized spacial score (nSPS) is 21.1. The molecule has 3 aromatic rings. The number of fused-ring (bicyclic) bond motifs is 1. The van der Waals surface area contributed by atoms with Crippen molar-refractivity contribution < 1.29 is 9.59 Å². The van der Waals surface area contributed by atoms with Gasteiger partial charge in [-0.2, -0.15) is 0 Å². The molecule has 0 saturated carbocycles. The Kier molecular flexibility index (Phi) is 4.35. The van der Waals surface area contributed by atoms with E-state index < -0.39 is 0 Å². The molecule has 0 saturated heterocycles. The molecule has 1 atom stereocenters. The summed E-state index contributed by atoms with van der Waals surface area (Å²) in [6.45, 7) is 4.23. The molecule has 0 bridgehead atoms. The number of allylic oxidation sites excluding steroid dienone is 2. The lowest BCUT2D eigenvalue weighted by Crippen LogP contribution is -2.43. The number of para-hydroxylation sites is 1. The van der Waals surface area contributed by atoms with Crippen LogP contribution in [0, 0.1) is 5.41 Å². The summed E-state index contributed by atoms with van der Waals surface area (Å²) >= 11 is 0. The van der Waals surface area contributed by atoms with Crippen LogP contribution >= 0.6 is 0 Å². The van der Waals surface area contributed by atoms with Gasteiger partial charge >= 0.3 is 0 Å². The number of carbonyl (C=O) groups is 2. The van der Waals surface area contributed by atoms with Gasteiger partial charge in [0, 0.05) is 35.7 Å². The van der Waals surface area contributed by atoms with Crippen molar-refractivity contribution in [3.05, 3.63) is 89.6 Å². The number of hydrogen-bond donors (Lipinski definition) is 0. The lowest BCUT2D eigenvalue weighted by molar-refractivity contribution is -0.120. The van der Waals surface area contributed by atoms with E-state index in [4.69, 9.17) is 0 Å². The zero-order chi connectivity index (χ0) is 20.9. The third kappa shape index (κ3) is 3.06. The van der Waals surface area contributed by atoms with Gasteiger partial charge in [-0.3, -0.25) is 14.5 Å². The first-order chi connectivity index (χ1) is 14.4. The lowest BCUT2D eigenvalue weighted by Gasteiger charge is -2.43. The van der Waals surface area contributed by atoms with Crippen molar-refractivity contribution >= 4 is 28.2 Å². The molecule has 0 aromatic heterocycles. The smallest absolute Gasteiger partial charge is 0.232 e. The summed E-state index contributed by atoms with van der Waals surface area (Å²) in [5.74, 6) is 0.0400. The summed E-state index contributed by atoms with van der Waals surface area (Å²) in [4.78, 5) is 28.7. The molecule has 150 valence electrons. The van der Waals surface area contributed by atoms with Gasteiger partial charge in [0.25, 0.3) is 0 Å². The molecule has 0 radical (unpaired) electrons. The maximum absolute atomic E-state index is 13.5. The molecule has 1 amide bonds. The third-order valence-corrected chi connectivity index (χ3v) is 6.36. The fourth-order valence-electron chi connectivity index (χ4n) is 5.11. The van der Waals surface area contributed by atoms with E-state index in [1.165, 1.54) is 0 Å². The van der Waals surface area contributed by atoms with Gasteiger partial charge < -0.3 is 0 Å². The van der Waals surface area contributed by atoms with Gasteiger partial charge in [-0.05, 0) is 40.3 Å². The van der Waals surface area contributed by atoms with Crippen LogP contribution in [0.25, 0.3) is 10.8 Å². The maximum atomic E-state index is 13.5. The molecular weight excluding hydrogens is 370 g/mol. The summed E-state index contributed by atoms with van der Waals surface area (Å²) in [6, 6.07) is 24.1. The average Bonchev–Trinajstić information content (AvgIpc) is 2.72. The van der Waals surface area contributed by atoms with E-state index in [0.29, 0.717) is 12.8 Å². The van der Waals surface area contributed by atoms with Crippen LogP contribution in [0.15, 0.2) is 84.1 Å². The number of Topliss-reactive ketones (excluding diaryl/α,β-unsaturated/α-hetero) is 1.